The number of rotatable bonds is 4. The molecule has 1 aromatic rings. The summed E-state index contributed by atoms with van der Waals surface area (Å²) in [5, 5.41) is 3.83. The Morgan fingerprint density at radius 3 is 2.45 bits per heavy atom. The summed E-state index contributed by atoms with van der Waals surface area (Å²) in [5.41, 5.74) is 8.92. The number of hydrogen-bond donors (Lipinski definition) is 2. The summed E-state index contributed by atoms with van der Waals surface area (Å²) in [6, 6.07) is 9.71. The first kappa shape index (κ1) is 14.1. The van der Waals surface area contributed by atoms with Gasteiger partial charge in [0.15, 0.2) is 0 Å². The van der Waals surface area contributed by atoms with Crippen LogP contribution in [0.2, 0.25) is 0 Å². The van der Waals surface area contributed by atoms with Crippen molar-refractivity contribution < 1.29 is 0 Å². The minimum atomic E-state index is 0.745. The van der Waals surface area contributed by atoms with Gasteiger partial charge in [-0.15, -0.1) is 0 Å². The Balaban J connectivity index is 1.44. The Hall–Kier alpha value is -0.860. The lowest BCUT2D eigenvalue weighted by molar-refractivity contribution is 0.280. The number of aryl methyl sites for hydroxylation is 1. The number of nitrogens with one attached hydrogen (secondary N) is 1. The fourth-order valence-electron chi connectivity index (χ4n) is 3.88. The normalized spacial score (nSPS) is 29.9. The number of hydrogen-bond acceptors (Lipinski definition) is 2. The topological polar surface area (TPSA) is 38.0 Å². The second-order valence-electron chi connectivity index (χ2n) is 6.74. The van der Waals surface area contributed by atoms with Crippen molar-refractivity contribution >= 4 is 0 Å². The molecule has 0 radical (unpaired) electrons. The number of fused-ring (bicyclic) bond motifs is 1. The molecule has 0 saturated heterocycles. The third-order valence-corrected chi connectivity index (χ3v) is 5.32. The molecular weight excluding hydrogens is 244 g/mol. The van der Waals surface area contributed by atoms with Gasteiger partial charge < -0.3 is 11.1 Å². The molecule has 3 rings (SSSR count). The fraction of sp³-hybridized carbons (Fsp3) is 0.667. The van der Waals surface area contributed by atoms with E-state index < -0.39 is 0 Å². The molecule has 2 aliphatic rings. The summed E-state index contributed by atoms with van der Waals surface area (Å²) in [5.74, 6) is 1.62. The molecular formula is C18H28N2. The Morgan fingerprint density at radius 2 is 1.70 bits per heavy atom. The predicted molar refractivity (Wildman–Crippen MR) is 84.8 cm³/mol. The van der Waals surface area contributed by atoms with Crippen molar-refractivity contribution in [3.63, 3.8) is 0 Å². The van der Waals surface area contributed by atoms with Crippen LogP contribution in [0.4, 0.5) is 0 Å². The molecule has 2 heteroatoms. The highest BCUT2D eigenvalue weighted by Crippen LogP contribution is 2.26. The lowest BCUT2D eigenvalue weighted by Crippen LogP contribution is -2.38. The molecule has 0 heterocycles. The van der Waals surface area contributed by atoms with Crippen molar-refractivity contribution in [3.8, 4) is 0 Å². The van der Waals surface area contributed by atoms with Crippen molar-refractivity contribution in [1.29, 1.82) is 0 Å². The van der Waals surface area contributed by atoms with Crippen molar-refractivity contribution in [2.24, 2.45) is 17.6 Å². The van der Waals surface area contributed by atoms with E-state index in [1.54, 1.807) is 11.1 Å². The predicted octanol–water partition coefficient (Wildman–Crippen LogP) is 2.90. The molecule has 0 spiro atoms. The highest BCUT2D eigenvalue weighted by atomic mass is 14.9. The molecule has 110 valence electrons. The van der Waals surface area contributed by atoms with Crippen LogP contribution < -0.4 is 11.1 Å². The minimum absolute atomic E-state index is 0.745. The zero-order valence-corrected chi connectivity index (χ0v) is 12.5. The standard InChI is InChI=1S/C18H28N2/c19-12-14-6-9-18(10-7-14)20-13-15-5-8-16-3-1-2-4-17(16)11-15/h1-4,14-15,18,20H,5-13,19H2/t14-,15?,18-. The van der Waals surface area contributed by atoms with E-state index in [9.17, 15) is 0 Å². The van der Waals surface area contributed by atoms with Crippen LogP contribution in [-0.4, -0.2) is 19.1 Å². The van der Waals surface area contributed by atoms with Gasteiger partial charge in [-0.3, -0.25) is 0 Å². The molecule has 20 heavy (non-hydrogen) atoms. The zero-order valence-electron chi connectivity index (χ0n) is 12.5. The van der Waals surface area contributed by atoms with Gasteiger partial charge in [0.2, 0.25) is 0 Å². The van der Waals surface area contributed by atoms with Crippen molar-refractivity contribution in [3.05, 3.63) is 35.4 Å². The minimum Gasteiger partial charge on any atom is -0.330 e. The van der Waals surface area contributed by atoms with E-state index in [1.807, 2.05) is 0 Å². The highest BCUT2D eigenvalue weighted by molar-refractivity contribution is 5.29. The molecule has 0 amide bonds. The van der Waals surface area contributed by atoms with Crippen LogP contribution in [0.3, 0.4) is 0 Å². The largest absolute Gasteiger partial charge is 0.330 e. The van der Waals surface area contributed by atoms with E-state index >= 15 is 0 Å². The van der Waals surface area contributed by atoms with Crippen molar-refractivity contribution in [2.75, 3.05) is 13.1 Å². The van der Waals surface area contributed by atoms with E-state index in [1.165, 1.54) is 51.5 Å². The quantitative estimate of drug-likeness (QED) is 0.884. The van der Waals surface area contributed by atoms with Gasteiger partial charge in [-0.1, -0.05) is 24.3 Å². The zero-order chi connectivity index (χ0) is 13.8. The summed E-state index contributed by atoms with van der Waals surface area (Å²) < 4.78 is 0. The summed E-state index contributed by atoms with van der Waals surface area (Å²) in [7, 11) is 0. The van der Waals surface area contributed by atoms with E-state index in [-0.39, 0.29) is 0 Å². The van der Waals surface area contributed by atoms with E-state index in [0.29, 0.717) is 0 Å². The van der Waals surface area contributed by atoms with Gasteiger partial charge in [-0.2, -0.15) is 0 Å². The van der Waals surface area contributed by atoms with E-state index in [4.69, 9.17) is 5.73 Å². The molecule has 0 aromatic heterocycles. The second-order valence-corrected chi connectivity index (χ2v) is 6.74. The Bertz CT molecular complexity index is 421. The molecule has 1 aromatic carbocycles. The molecule has 0 aliphatic heterocycles. The lowest BCUT2D eigenvalue weighted by atomic mass is 9.83. The van der Waals surface area contributed by atoms with Crippen molar-refractivity contribution in [2.45, 2.75) is 51.0 Å². The maximum absolute atomic E-state index is 5.76. The summed E-state index contributed by atoms with van der Waals surface area (Å²) in [6.07, 6.45) is 9.17. The van der Waals surface area contributed by atoms with Crippen LogP contribution in [-0.2, 0) is 12.8 Å². The van der Waals surface area contributed by atoms with Gasteiger partial charge in [0.1, 0.15) is 0 Å². The number of nitrogens with two attached hydrogens (primary N) is 1. The van der Waals surface area contributed by atoms with Crippen LogP contribution in [0.1, 0.15) is 43.2 Å². The molecule has 2 nitrogen and oxygen atoms in total. The third kappa shape index (κ3) is 3.42. The van der Waals surface area contributed by atoms with Crippen molar-refractivity contribution in [1.82, 2.24) is 5.32 Å². The molecule has 2 aliphatic carbocycles. The molecule has 1 saturated carbocycles. The van der Waals surface area contributed by atoms with Gasteiger partial charge >= 0.3 is 0 Å². The van der Waals surface area contributed by atoms with E-state index in [2.05, 4.69) is 29.6 Å². The van der Waals surface area contributed by atoms with Gasteiger partial charge in [0, 0.05) is 6.04 Å². The van der Waals surface area contributed by atoms with Gasteiger partial charge in [0.05, 0.1) is 0 Å². The Morgan fingerprint density at radius 1 is 0.950 bits per heavy atom. The number of benzene rings is 1. The Kier molecular flexibility index (Phi) is 4.74. The first-order chi connectivity index (χ1) is 9.85. The maximum atomic E-state index is 5.76. The lowest BCUT2D eigenvalue weighted by Gasteiger charge is -2.31. The van der Waals surface area contributed by atoms with Gasteiger partial charge in [0.25, 0.3) is 0 Å². The smallest absolute Gasteiger partial charge is 0.00674 e. The van der Waals surface area contributed by atoms with Gasteiger partial charge in [-0.25, -0.2) is 0 Å². The molecule has 1 unspecified atom stereocenters. The molecule has 3 N–H and O–H groups in total. The summed E-state index contributed by atoms with van der Waals surface area (Å²) >= 11 is 0. The van der Waals surface area contributed by atoms with Gasteiger partial charge in [-0.05, 0) is 81.0 Å². The first-order valence-corrected chi connectivity index (χ1v) is 8.35. The molecule has 1 fully saturated rings. The molecule has 1 atom stereocenters. The maximum Gasteiger partial charge on any atom is 0.00674 e. The third-order valence-electron chi connectivity index (χ3n) is 5.32. The summed E-state index contributed by atoms with van der Waals surface area (Å²) in [4.78, 5) is 0. The Labute approximate surface area is 123 Å². The van der Waals surface area contributed by atoms with E-state index in [0.717, 1.165) is 24.4 Å². The van der Waals surface area contributed by atoms with Crippen LogP contribution in [0, 0.1) is 11.8 Å². The van der Waals surface area contributed by atoms with Crippen LogP contribution in [0.25, 0.3) is 0 Å². The SMILES string of the molecule is NC[C@H]1CC[C@H](NCC2CCc3ccccc3C2)CC1. The van der Waals surface area contributed by atoms with Crippen LogP contribution >= 0.6 is 0 Å². The van der Waals surface area contributed by atoms with Crippen LogP contribution in [0.15, 0.2) is 24.3 Å². The second kappa shape index (κ2) is 6.73. The monoisotopic (exact) mass is 272 g/mol. The molecule has 0 bridgehead atoms. The van der Waals surface area contributed by atoms with Crippen LogP contribution in [0.5, 0.6) is 0 Å². The fourth-order valence-corrected chi connectivity index (χ4v) is 3.88. The highest BCUT2D eigenvalue weighted by Gasteiger charge is 2.22. The first-order valence-electron chi connectivity index (χ1n) is 8.35. The summed E-state index contributed by atoms with van der Waals surface area (Å²) in [6.45, 7) is 2.08. The average molecular weight is 272 g/mol. The average Bonchev–Trinajstić information content (AvgIpc) is 2.53.